The molecule has 1 aromatic heterocycles. The Bertz CT molecular complexity index is 2110. The molecule has 3 heterocycles. The summed E-state index contributed by atoms with van der Waals surface area (Å²) in [6, 6.07) is 19.7. The quantitative estimate of drug-likeness (QED) is 0.240. The molecule has 0 spiro atoms. The van der Waals surface area contributed by atoms with Gasteiger partial charge in [0.25, 0.3) is 5.91 Å². The number of hydrogen-bond donors (Lipinski definition) is 1. The molecule has 13 heteroatoms. The molecular formula is C38H41ClN4O7S. The number of sulfonamides is 1. The number of piperidine rings is 2. The largest absolute Gasteiger partial charge is 0.451 e. The molecule has 1 atom stereocenters. The highest BCUT2D eigenvalue weighted by molar-refractivity contribution is 7.92. The lowest BCUT2D eigenvalue weighted by atomic mass is 9.86. The summed E-state index contributed by atoms with van der Waals surface area (Å²) in [5.74, 6) is -0.831. The van der Waals surface area contributed by atoms with Crippen molar-refractivity contribution in [3.63, 3.8) is 0 Å². The van der Waals surface area contributed by atoms with Gasteiger partial charge >= 0.3 is 0 Å². The Kier molecular flexibility index (Phi) is 10.8. The van der Waals surface area contributed by atoms with Gasteiger partial charge in [0.2, 0.25) is 21.8 Å². The number of nitrogens with zero attached hydrogens (tertiary/aromatic N) is 3. The van der Waals surface area contributed by atoms with Crippen LogP contribution in [0.25, 0.3) is 11.0 Å². The second kappa shape index (κ2) is 15.3. The van der Waals surface area contributed by atoms with Crippen LogP contribution in [0.5, 0.6) is 0 Å². The number of fused-ring (bicyclic) bond motifs is 1. The van der Waals surface area contributed by atoms with E-state index in [-0.39, 0.29) is 46.6 Å². The van der Waals surface area contributed by atoms with Gasteiger partial charge in [0.1, 0.15) is 11.6 Å². The molecule has 2 aliphatic rings. The molecule has 1 N–H and O–H groups in total. The van der Waals surface area contributed by atoms with Gasteiger partial charge in [-0.2, -0.15) is 0 Å². The molecule has 3 amide bonds. The molecule has 0 bridgehead atoms. The number of rotatable bonds is 10. The normalized spacial score (nSPS) is 16.3. The first-order valence-corrected chi connectivity index (χ1v) is 19.3. The van der Waals surface area contributed by atoms with E-state index in [2.05, 4.69) is 17.4 Å². The zero-order valence-corrected chi connectivity index (χ0v) is 30.2. The number of likely N-dealkylation sites (tertiary alicyclic amines) is 2. The summed E-state index contributed by atoms with van der Waals surface area (Å²) < 4.78 is 30.9. The first kappa shape index (κ1) is 36.1. The molecular weight excluding hydrogens is 692 g/mol. The molecule has 0 unspecified atom stereocenters. The molecule has 6 rings (SSSR count). The summed E-state index contributed by atoms with van der Waals surface area (Å²) in [4.78, 5) is 57.0. The minimum Gasteiger partial charge on any atom is -0.451 e. The van der Waals surface area contributed by atoms with Crippen molar-refractivity contribution < 1.29 is 27.2 Å². The highest BCUT2D eigenvalue weighted by Crippen LogP contribution is 2.32. The predicted molar refractivity (Wildman–Crippen MR) is 196 cm³/mol. The highest BCUT2D eigenvalue weighted by atomic mass is 35.5. The van der Waals surface area contributed by atoms with Crippen LogP contribution in [0.15, 0.2) is 82.0 Å². The Morgan fingerprint density at radius 1 is 0.980 bits per heavy atom. The summed E-state index contributed by atoms with van der Waals surface area (Å²) in [6.45, 7) is 2.34. The van der Waals surface area contributed by atoms with E-state index in [4.69, 9.17) is 16.0 Å². The molecule has 0 radical (unpaired) electrons. The fraction of sp³-hybridized carbons (Fsp3) is 0.368. The minimum absolute atomic E-state index is 0.103. The van der Waals surface area contributed by atoms with Crippen molar-refractivity contribution >= 4 is 56.0 Å². The molecule has 268 valence electrons. The van der Waals surface area contributed by atoms with E-state index in [1.807, 2.05) is 17.0 Å². The van der Waals surface area contributed by atoms with Gasteiger partial charge in [-0.05, 0) is 78.6 Å². The number of hydrogen-bond acceptors (Lipinski definition) is 7. The lowest BCUT2D eigenvalue weighted by molar-refractivity contribution is -0.135. The van der Waals surface area contributed by atoms with Crippen LogP contribution in [0, 0.1) is 0 Å². The van der Waals surface area contributed by atoms with Gasteiger partial charge in [-0.15, -0.1) is 0 Å². The van der Waals surface area contributed by atoms with Crippen molar-refractivity contribution in [1.82, 2.24) is 15.1 Å². The SMILES string of the molecule is CN(c1ccc2oc(C(=O)N[C@@H](Cc3ccc(Cl)cc3)C(=O)N3CCC(c4ccccc4CN4CCCCC4=O)CC3)cc(=O)c2c1)S(C)(=O)=O. The van der Waals surface area contributed by atoms with Crippen LogP contribution in [0.3, 0.4) is 0 Å². The number of benzene rings is 3. The Morgan fingerprint density at radius 2 is 1.71 bits per heavy atom. The van der Waals surface area contributed by atoms with Crippen molar-refractivity contribution in [2.24, 2.45) is 0 Å². The van der Waals surface area contributed by atoms with Crippen LogP contribution in [0.1, 0.15) is 65.3 Å². The molecule has 3 aromatic carbocycles. The Hall–Kier alpha value is -4.68. The Morgan fingerprint density at radius 3 is 2.41 bits per heavy atom. The first-order valence-electron chi connectivity index (χ1n) is 17.1. The third-order valence-corrected chi connectivity index (χ3v) is 11.3. The smallest absolute Gasteiger partial charge is 0.287 e. The van der Waals surface area contributed by atoms with Gasteiger partial charge in [0, 0.05) is 57.2 Å². The van der Waals surface area contributed by atoms with E-state index >= 15 is 0 Å². The van der Waals surface area contributed by atoms with Crippen LogP contribution in [0.2, 0.25) is 5.02 Å². The fourth-order valence-corrected chi connectivity index (χ4v) is 7.49. The Labute approximate surface area is 302 Å². The highest BCUT2D eigenvalue weighted by Gasteiger charge is 2.32. The van der Waals surface area contributed by atoms with Crippen LogP contribution in [-0.2, 0) is 32.6 Å². The Balaban J connectivity index is 1.19. The van der Waals surface area contributed by atoms with Crippen molar-refractivity contribution in [3.8, 4) is 0 Å². The number of amides is 3. The van der Waals surface area contributed by atoms with E-state index in [1.54, 1.807) is 29.2 Å². The maximum absolute atomic E-state index is 14.1. The third-order valence-electron chi connectivity index (χ3n) is 9.84. The summed E-state index contributed by atoms with van der Waals surface area (Å²) in [6.07, 6.45) is 5.25. The fourth-order valence-electron chi connectivity index (χ4n) is 6.87. The molecule has 2 fully saturated rings. The van der Waals surface area contributed by atoms with Crippen LogP contribution < -0.4 is 15.1 Å². The van der Waals surface area contributed by atoms with Gasteiger partial charge in [-0.1, -0.05) is 48.0 Å². The third kappa shape index (κ3) is 8.45. The molecule has 4 aromatic rings. The van der Waals surface area contributed by atoms with E-state index in [0.717, 1.165) is 60.0 Å². The average Bonchev–Trinajstić information content (AvgIpc) is 3.12. The van der Waals surface area contributed by atoms with Crippen molar-refractivity contribution in [1.29, 1.82) is 0 Å². The number of halogens is 1. The van der Waals surface area contributed by atoms with Gasteiger partial charge in [-0.25, -0.2) is 8.42 Å². The summed E-state index contributed by atoms with van der Waals surface area (Å²) in [5.41, 5.74) is 2.98. The zero-order valence-electron chi connectivity index (χ0n) is 28.6. The van der Waals surface area contributed by atoms with Gasteiger partial charge in [-0.3, -0.25) is 23.5 Å². The van der Waals surface area contributed by atoms with Gasteiger partial charge < -0.3 is 19.5 Å². The van der Waals surface area contributed by atoms with Crippen LogP contribution >= 0.6 is 11.6 Å². The minimum atomic E-state index is -3.56. The van der Waals surface area contributed by atoms with E-state index in [1.165, 1.54) is 30.8 Å². The summed E-state index contributed by atoms with van der Waals surface area (Å²) in [7, 11) is -2.19. The van der Waals surface area contributed by atoms with E-state index in [0.29, 0.717) is 31.1 Å². The van der Waals surface area contributed by atoms with Crippen LogP contribution in [0.4, 0.5) is 5.69 Å². The number of carbonyl (C=O) groups is 3. The lowest BCUT2D eigenvalue weighted by Crippen LogP contribution is -2.51. The van der Waals surface area contributed by atoms with Crippen molar-refractivity contribution in [3.05, 3.63) is 110 Å². The van der Waals surface area contributed by atoms with Crippen molar-refractivity contribution in [2.75, 3.05) is 37.2 Å². The maximum atomic E-state index is 14.1. The van der Waals surface area contributed by atoms with Gasteiger partial charge in [0.15, 0.2) is 11.2 Å². The second-order valence-corrected chi connectivity index (χ2v) is 15.8. The number of anilines is 1. The molecule has 11 nitrogen and oxygen atoms in total. The van der Waals surface area contributed by atoms with Gasteiger partial charge in [0.05, 0.1) is 17.3 Å². The molecule has 2 saturated heterocycles. The lowest BCUT2D eigenvalue weighted by Gasteiger charge is -2.36. The van der Waals surface area contributed by atoms with E-state index < -0.39 is 27.4 Å². The summed E-state index contributed by atoms with van der Waals surface area (Å²) >= 11 is 6.11. The predicted octanol–water partition coefficient (Wildman–Crippen LogP) is 5.10. The molecule has 2 aliphatic heterocycles. The average molecular weight is 733 g/mol. The summed E-state index contributed by atoms with van der Waals surface area (Å²) in [5, 5.41) is 3.47. The zero-order chi connectivity index (χ0) is 36.3. The molecule has 0 saturated carbocycles. The number of carbonyl (C=O) groups excluding carboxylic acids is 3. The monoisotopic (exact) mass is 732 g/mol. The molecule has 0 aliphatic carbocycles. The standard InChI is InChI=1S/C38H41ClN4O7S/c1-41(51(2,48)49)29-14-15-34-31(22-29)33(44)23-35(50-34)37(46)40-32(21-25-10-12-28(39)13-11-25)38(47)42-19-16-26(17-20-42)30-8-4-3-7-27(30)24-43-18-6-5-9-36(43)45/h3-4,7-8,10-15,22-23,26,32H,5-6,9,16-21,24H2,1-2H3,(H,40,46)/t32-/m0/s1. The number of nitrogens with one attached hydrogen (secondary N) is 1. The second-order valence-electron chi connectivity index (χ2n) is 13.3. The van der Waals surface area contributed by atoms with E-state index in [9.17, 15) is 27.6 Å². The van der Waals surface area contributed by atoms with Crippen molar-refractivity contribution in [2.45, 2.75) is 57.0 Å². The first-order chi connectivity index (χ1) is 24.4. The topological polar surface area (TPSA) is 137 Å². The van der Waals surface area contributed by atoms with Crippen LogP contribution in [-0.4, -0.2) is 74.9 Å². The molecule has 51 heavy (non-hydrogen) atoms. The maximum Gasteiger partial charge on any atom is 0.287 e.